The SMILES string of the molecule is COc1ccc(C(=O)NCCNCc2cccs2)cc1OC. The number of hydrogen-bond acceptors (Lipinski definition) is 5. The van der Waals surface area contributed by atoms with E-state index in [4.69, 9.17) is 9.47 Å². The van der Waals surface area contributed by atoms with Gasteiger partial charge in [-0.2, -0.15) is 0 Å². The molecule has 0 aliphatic rings. The van der Waals surface area contributed by atoms with Crippen molar-refractivity contribution < 1.29 is 14.3 Å². The zero-order valence-electron chi connectivity index (χ0n) is 12.7. The minimum absolute atomic E-state index is 0.126. The highest BCUT2D eigenvalue weighted by Crippen LogP contribution is 2.27. The average molecular weight is 320 g/mol. The monoisotopic (exact) mass is 320 g/mol. The van der Waals surface area contributed by atoms with Crippen LogP contribution in [0.4, 0.5) is 0 Å². The average Bonchev–Trinajstić information content (AvgIpc) is 3.07. The standard InChI is InChI=1S/C16H20N2O3S/c1-20-14-6-5-12(10-15(14)21-2)16(19)18-8-7-17-11-13-4-3-9-22-13/h3-6,9-10,17H,7-8,11H2,1-2H3,(H,18,19). The molecule has 0 radical (unpaired) electrons. The van der Waals surface area contributed by atoms with E-state index in [0.29, 0.717) is 23.6 Å². The molecule has 5 nitrogen and oxygen atoms in total. The number of carbonyl (C=O) groups is 1. The zero-order valence-corrected chi connectivity index (χ0v) is 13.5. The van der Waals surface area contributed by atoms with Gasteiger partial charge in [0.25, 0.3) is 5.91 Å². The normalized spacial score (nSPS) is 10.3. The molecule has 0 unspecified atom stereocenters. The lowest BCUT2D eigenvalue weighted by Gasteiger charge is -2.10. The maximum absolute atomic E-state index is 12.1. The summed E-state index contributed by atoms with van der Waals surface area (Å²) in [5.74, 6) is 1.03. The fourth-order valence-corrected chi connectivity index (χ4v) is 2.64. The number of nitrogens with one attached hydrogen (secondary N) is 2. The molecule has 1 aromatic heterocycles. The molecule has 22 heavy (non-hydrogen) atoms. The summed E-state index contributed by atoms with van der Waals surface area (Å²) in [7, 11) is 3.12. The molecular weight excluding hydrogens is 300 g/mol. The van der Waals surface area contributed by atoms with E-state index in [1.54, 1.807) is 43.8 Å². The largest absolute Gasteiger partial charge is 0.493 e. The summed E-state index contributed by atoms with van der Waals surface area (Å²) in [6.45, 7) is 2.11. The smallest absolute Gasteiger partial charge is 0.251 e. The van der Waals surface area contributed by atoms with Crippen molar-refractivity contribution >= 4 is 17.2 Å². The lowest BCUT2D eigenvalue weighted by molar-refractivity contribution is 0.0953. The Kier molecular flexibility index (Phi) is 6.24. The van der Waals surface area contributed by atoms with Gasteiger partial charge in [0.05, 0.1) is 14.2 Å². The number of carbonyl (C=O) groups excluding carboxylic acids is 1. The van der Waals surface area contributed by atoms with Gasteiger partial charge in [-0.1, -0.05) is 6.07 Å². The van der Waals surface area contributed by atoms with Crippen molar-refractivity contribution in [2.75, 3.05) is 27.3 Å². The highest BCUT2D eigenvalue weighted by molar-refractivity contribution is 7.09. The third kappa shape index (κ3) is 4.47. The Balaban J connectivity index is 1.77. The molecule has 0 aliphatic heterocycles. The molecule has 1 amide bonds. The van der Waals surface area contributed by atoms with Gasteiger partial charge in [-0.3, -0.25) is 4.79 Å². The fourth-order valence-electron chi connectivity index (χ4n) is 1.97. The van der Waals surface area contributed by atoms with E-state index < -0.39 is 0 Å². The summed E-state index contributed by atoms with van der Waals surface area (Å²) >= 11 is 1.72. The Hall–Kier alpha value is -2.05. The molecule has 2 N–H and O–H groups in total. The van der Waals surface area contributed by atoms with Crippen LogP contribution in [0.1, 0.15) is 15.2 Å². The zero-order chi connectivity index (χ0) is 15.8. The predicted octanol–water partition coefficient (Wildman–Crippen LogP) is 2.28. The third-order valence-electron chi connectivity index (χ3n) is 3.11. The van der Waals surface area contributed by atoms with Gasteiger partial charge >= 0.3 is 0 Å². The number of thiophene rings is 1. The van der Waals surface area contributed by atoms with Crippen LogP contribution in [0.15, 0.2) is 35.7 Å². The van der Waals surface area contributed by atoms with E-state index in [2.05, 4.69) is 22.1 Å². The molecule has 0 spiro atoms. The Morgan fingerprint density at radius 1 is 1.14 bits per heavy atom. The summed E-state index contributed by atoms with van der Waals surface area (Å²) < 4.78 is 10.3. The van der Waals surface area contributed by atoms with Gasteiger partial charge in [0, 0.05) is 30.1 Å². The molecule has 0 atom stereocenters. The number of hydrogen-bond donors (Lipinski definition) is 2. The maximum Gasteiger partial charge on any atom is 0.251 e. The first-order valence-corrected chi connectivity index (χ1v) is 7.86. The van der Waals surface area contributed by atoms with Crippen LogP contribution in [0.25, 0.3) is 0 Å². The van der Waals surface area contributed by atoms with E-state index in [1.807, 2.05) is 6.07 Å². The van der Waals surface area contributed by atoms with Crippen LogP contribution in [-0.4, -0.2) is 33.2 Å². The molecule has 0 saturated heterocycles. The lowest BCUT2D eigenvalue weighted by Crippen LogP contribution is -2.31. The fraction of sp³-hybridized carbons (Fsp3) is 0.312. The van der Waals surface area contributed by atoms with E-state index in [9.17, 15) is 4.79 Å². The quantitative estimate of drug-likeness (QED) is 0.733. The number of ether oxygens (including phenoxy) is 2. The first-order valence-electron chi connectivity index (χ1n) is 6.98. The molecule has 0 aliphatic carbocycles. The summed E-state index contributed by atoms with van der Waals surface area (Å²) in [6.07, 6.45) is 0. The van der Waals surface area contributed by atoms with Gasteiger partial charge in [0.1, 0.15) is 0 Å². The predicted molar refractivity (Wildman–Crippen MR) is 87.9 cm³/mol. The maximum atomic E-state index is 12.1. The van der Waals surface area contributed by atoms with Gasteiger partial charge in [0.2, 0.25) is 0 Å². The van der Waals surface area contributed by atoms with Gasteiger partial charge in [-0.25, -0.2) is 0 Å². The topological polar surface area (TPSA) is 59.6 Å². The second-order valence-electron chi connectivity index (χ2n) is 4.58. The Morgan fingerprint density at radius 2 is 1.95 bits per heavy atom. The van der Waals surface area contributed by atoms with Crippen LogP contribution >= 0.6 is 11.3 Å². The molecule has 118 valence electrons. The minimum atomic E-state index is -0.126. The minimum Gasteiger partial charge on any atom is -0.493 e. The van der Waals surface area contributed by atoms with Gasteiger partial charge in [-0.15, -0.1) is 11.3 Å². The molecule has 2 rings (SSSR count). The second-order valence-corrected chi connectivity index (χ2v) is 5.61. The van der Waals surface area contributed by atoms with E-state index in [0.717, 1.165) is 13.1 Å². The lowest BCUT2D eigenvalue weighted by atomic mass is 10.2. The van der Waals surface area contributed by atoms with Crippen LogP contribution in [0, 0.1) is 0 Å². The molecule has 6 heteroatoms. The number of benzene rings is 1. The first kappa shape index (κ1) is 16.3. The summed E-state index contributed by atoms with van der Waals surface area (Å²) in [5.41, 5.74) is 0.552. The molecule has 0 saturated carbocycles. The molecule has 0 fully saturated rings. The van der Waals surface area contributed by atoms with E-state index in [1.165, 1.54) is 4.88 Å². The van der Waals surface area contributed by atoms with Gasteiger partial charge in [0.15, 0.2) is 11.5 Å². The van der Waals surface area contributed by atoms with Crippen LogP contribution in [0.3, 0.4) is 0 Å². The van der Waals surface area contributed by atoms with Crippen LogP contribution < -0.4 is 20.1 Å². The van der Waals surface area contributed by atoms with Crippen LogP contribution in [0.2, 0.25) is 0 Å². The van der Waals surface area contributed by atoms with Crippen molar-refractivity contribution in [3.8, 4) is 11.5 Å². The number of methoxy groups -OCH3 is 2. The molecule has 1 aromatic carbocycles. The van der Waals surface area contributed by atoms with Crippen molar-refractivity contribution in [3.05, 3.63) is 46.2 Å². The molecule has 0 bridgehead atoms. The van der Waals surface area contributed by atoms with Gasteiger partial charge < -0.3 is 20.1 Å². The summed E-state index contributed by atoms with van der Waals surface area (Å²) in [6, 6.07) is 9.23. The summed E-state index contributed by atoms with van der Waals surface area (Å²) in [5, 5.41) is 8.21. The van der Waals surface area contributed by atoms with Crippen molar-refractivity contribution in [3.63, 3.8) is 0 Å². The Morgan fingerprint density at radius 3 is 2.64 bits per heavy atom. The van der Waals surface area contributed by atoms with Crippen molar-refractivity contribution in [1.82, 2.24) is 10.6 Å². The number of rotatable bonds is 8. The second kappa shape index (κ2) is 8.41. The van der Waals surface area contributed by atoms with Crippen molar-refractivity contribution in [2.24, 2.45) is 0 Å². The summed E-state index contributed by atoms with van der Waals surface area (Å²) in [4.78, 5) is 13.4. The highest BCUT2D eigenvalue weighted by Gasteiger charge is 2.10. The highest BCUT2D eigenvalue weighted by atomic mass is 32.1. The molecular formula is C16H20N2O3S. The van der Waals surface area contributed by atoms with Crippen LogP contribution in [0.5, 0.6) is 11.5 Å². The van der Waals surface area contributed by atoms with E-state index >= 15 is 0 Å². The van der Waals surface area contributed by atoms with Gasteiger partial charge in [-0.05, 0) is 29.6 Å². The molecule has 2 aromatic rings. The van der Waals surface area contributed by atoms with E-state index in [-0.39, 0.29) is 5.91 Å². The Bertz CT molecular complexity index is 599. The van der Waals surface area contributed by atoms with Crippen molar-refractivity contribution in [1.29, 1.82) is 0 Å². The number of amides is 1. The van der Waals surface area contributed by atoms with Crippen LogP contribution in [-0.2, 0) is 6.54 Å². The first-order chi connectivity index (χ1) is 10.7. The molecule has 1 heterocycles. The van der Waals surface area contributed by atoms with Crippen molar-refractivity contribution in [2.45, 2.75) is 6.54 Å². The Labute approximate surface area is 134 Å². The third-order valence-corrected chi connectivity index (χ3v) is 3.99.